The van der Waals surface area contributed by atoms with E-state index in [1.165, 1.54) is 11.9 Å². The van der Waals surface area contributed by atoms with Crippen molar-refractivity contribution in [3.8, 4) is 0 Å². The number of hydrogen-bond donors (Lipinski definition) is 3. The minimum Gasteiger partial charge on any atom is -0.395 e. The Kier molecular flexibility index (Phi) is 20.7. The number of aliphatic hydroxyl groups excluding tert-OH is 1. The lowest BCUT2D eigenvalue weighted by molar-refractivity contribution is 0.322. The zero-order valence-electron chi connectivity index (χ0n) is 6.76. The van der Waals surface area contributed by atoms with E-state index in [0.717, 1.165) is 12.3 Å². The first-order chi connectivity index (χ1) is 4.91. The Bertz CT molecular complexity index is 40.7. The zero-order valence-corrected chi connectivity index (χ0v) is 7.58. The average molecular weight is 166 g/mol. The van der Waals surface area contributed by atoms with E-state index < -0.39 is 0 Å². The van der Waals surface area contributed by atoms with Crippen LogP contribution < -0.4 is 10.5 Å². The monoisotopic (exact) mass is 166 g/mol. The normalized spacial score (nSPS) is 8.40. The van der Waals surface area contributed by atoms with E-state index in [1.54, 1.807) is 0 Å². The van der Waals surface area contributed by atoms with Crippen molar-refractivity contribution in [2.45, 2.75) is 13.8 Å². The fourth-order valence-electron chi connectivity index (χ4n) is 0.249. The number of nitrogens with two attached hydrogens (primary N) is 1. The van der Waals surface area contributed by atoms with Gasteiger partial charge in [-0.1, -0.05) is 25.8 Å². The Morgan fingerprint density at radius 2 is 2.10 bits per heavy atom. The number of aliphatic hydroxyl groups is 1. The van der Waals surface area contributed by atoms with Crippen LogP contribution >= 0.6 is 11.9 Å². The maximum absolute atomic E-state index is 8.27. The van der Waals surface area contributed by atoms with E-state index in [0.29, 0.717) is 6.54 Å². The van der Waals surface area contributed by atoms with Crippen LogP contribution in [0.5, 0.6) is 0 Å². The van der Waals surface area contributed by atoms with Gasteiger partial charge in [-0.05, 0) is 0 Å². The van der Waals surface area contributed by atoms with E-state index in [-0.39, 0.29) is 6.61 Å². The van der Waals surface area contributed by atoms with Crippen LogP contribution in [0, 0.1) is 0 Å². The van der Waals surface area contributed by atoms with E-state index in [2.05, 4.69) is 4.72 Å². The summed E-state index contributed by atoms with van der Waals surface area (Å²) in [6.45, 7) is 5.69. The van der Waals surface area contributed by atoms with Crippen molar-refractivity contribution in [1.29, 1.82) is 0 Å². The van der Waals surface area contributed by atoms with Crippen LogP contribution in [0.25, 0.3) is 0 Å². The van der Waals surface area contributed by atoms with E-state index in [9.17, 15) is 0 Å². The summed E-state index contributed by atoms with van der Waals surface area (Å²) in [6, 6.07) is 0. The largest absolute Gasteiger partial charge is 0.395 e. The van der Waals surface area contributed by atoms with E-state index in [4.69, 9.17) is 10.8 Å². The Morgan fingerprint density at radius 1 is 1.50 bits per heavy atom. The molecule has 0 amide bonds. The summed E-state index contributed by atoms with van der Waals surface area (Å²) in [4.78, 5) is 0. The molecule has 0 atom stereocenters. The molecule has 0 aromatic heterocycles. The fourth-order valence-corrected chi connectivity index (χ4v) is 0.747. The molecule has 64 valence electrons. The van der Waals surface area contributed by atoms with Gasteiger partial charge in [0.1, 0.15) is 0 Å². The predicted octanol–water partition coefficient (Wildman–Crippen LogP) is 0.201. The molecule has 0 spiro atoms. The summed E-state index contributed by atoms with van der Waals surface area (Å²) in [7, 11) is 0. The third-order valence-corrected chi connectivity index (χ3v) is 1.34. The van der Waals surface area contributed by atoms with Crippen molar-refractivity contribution in [3.63, 3.8) is 0 Å². The zero-order chi connectivity index (χ0) is 8.24. The van der Waals surface area contributed by atoms with Gasteiger partial charge in [0.25, 0.3) is 0 Å². The third-order valence-electron chi connectivity index (χ3n) is 0.542. The van der Waals surface area contributed by atoms with Gasteiger partial charge in [0, 0.05) is 18.8 Å². The lowest BCUT2D eigenvalue weighted by atomic mass is 10.7. The molecule has 0 aliphatic heterocycles. The molecule has 0 rings (SSSR count). The Labute approximate surface area is 67.5 Å². The molecule has 0 heterocycles. The highest BCUT2D eigenvalue weighted by atomic mass is 32.2. The van der Waals surface area contributed by atoms with Crippen molar-refractivity contribution in [2.24, 2.45) is 5.73 Å². The molecule has 0 radical (unpaired) electrons. The van der Waals surface area contributed by atoms with Crippen molar-refractivity contribution in [2.75, 3.05) is 25.4 Å². The summed E-state index contributed by atoms with van der Waals surface area (Å²) in [5.74, 6) is 0.736. The molecular weight excluding hydrogens is 148 g/mol. The third kappa shape index (κ3) is 15.7. The number of nitrogens with one attached hydrogen (secondary N) is 1. The molecule has 0 bridgehead atoms. The quantitative estimate of drug-likeness (QED) is 0.403. The number of rotatable bonds is 5. The molecule has 0 fully saturated rings. The smallest absolute Gasteiger partial charge is 0.0534 e. The van der Waals surface area contributed by atoms with Crippen LogP contribution in [0.4, 0.5) is 0 Å². The summed E-state index contributed by atoms with van der Waals surface area (Å²) in [5, 5.41) is 8.27. The van der Waals surface area contributed by atoms with Gasteiger partial charge >= 0.3 is 0 Å². The lowest BCUT2D eigenvalue weighted by Crippen LogP contribution is -2.16. The maximum Gasteiger partial charge on any atom is 0.0534 e. The fraction of sp³-hybridized carbons (Fsp3) is 1.00. The number of hydrogen-bond acceptors (Lipinski definition) is 4. The second-order valence-electron chi connectivity index (χ2n) is 1.26. The van der Waals surface area contributed by atoms with Gasteiger partial charge in [0.05, 0.1) is 6.61 Å². The van der Waals surface area contributed by atoms with Crippen molar-refractivity contribution in [1.82, 2.24) is 4.72 Å². The molecule has 0 aliphatic carbocycles. The highest BCUT2D eigenvalue weighted by Crippen LogP contribution is 1.87. The Hall–Kier alpha value is 0.230. The molecule has 0 aliphatic rings. The van der Waals surface area contributed by atoms with Crippen molar-refractivity contribution in [3.05, 3.63) is 0 Å². The van der Waals surface area contributed by atoms with Gasteiger partial charge < -0.3 is 10.8 Å². The molecule has 3 nitrogen and oxygen atoms in total. The standard InChI is InChI=1S/C4H12N2OS.C2H6/c5-1-2-6-8-4-3-7;1-2/h6-7H,1-5H2;1-2H3. The summed E-state index contributed by atoms with van der Waals surface area (Å²) in [6.07, 6.45) is 0. The van der Waals surface area contributed by atoms with Gasteiger partial charge in [-0.2, -0.15) is 0 Å². The van der Waals surface area contributed by atoms with Crippen LogP contribution in [-0.4, -0.2) is 30.6 Å². The molecule has 0 unspecified atom stereocenters. The first-order valence-corrected chi connectivity index (χ1v) is 4.56. The van der Waals surface area contributed by atoms with Gasteiger partial charge in [0.15, 0.2) is 0 Å². The van der Waals surface area contributed by atoms with E-state index >= 15 is 0 Å². The molecule has 0 saturated heterocycles. The highest BCUT2D eigenvalue weighted by Gasteiger charge is 1.81. The minimum atomic E-state index is 0.224. The van der Waals surface area contributed by atoms with Crippen molar-refractivity contribution >= 4 is 11.9 Å². The summed E-state index contributed by atoms with van der Waals surface area (Å²) in [5.41, 5.74) is 5.17. The lowest BCUT2D eigenvalue weighted by Gasteiger charge is -1.97. The predicted molar refractivity (Wildman–Crippen MR) is 47.9 cm³/mol. The minimum absolute atomic E-state index is 0.224. The van der Waals surface area contributed by atoms with Crippen molar-refractivity contribution < 1.29 is 5.11 Å². The van der Waals surface area contributed by atoms with Crippen LogP contribution in [0.1, 0.15) is 13.8 Å². The van der Waals surface area contributed by atoms with Gasteiger partial charge in [-0.25, -0.2) is 0 Å². The van der Waals surface area contributed by atoms with Gasteiger partial charge in [-0.15, -0.1) is 0 Å². The first-order valence-electron chi connectivity index (χ1n) is 3.57. The van der Waals surface area contributed by atoms with E-state index in [1.807, 2.05) is 13.8 Å². The molecule has 0 aromatic carbocycles. The summed E-state index contributed by atoms with van der Waals surface area (Å²) >= 11 is 1.50. The topological polar surface area (TPSA) is 58.3 Å². The maximum atomic E-state index is 8.27. The molecule has 0 aromatic rings. The Morgan fingerprint density at radius 3 is 2.50 bits per heavy atom. The molecule has 10 heavy (non-hydrogen) atoms. The van der Waals surface area contributed by atoms with Crippen LogP contribution in [-0.2, 0) is 0 Å². The molecule has 0 saturated carbocycles. The SMILES string of the molecule is CC.NCCNSCCO. The molecule has 4 N–H and O–H groups in total. The van der Waals surface area contributed by atoms with Crippen LogP contribution in [0.2, 0.25) is 0 Å². The Balaban J connectivity index is 0. The first kappa shape index (κ1) is 12.9. The molecule has 4 heteroatoms. The molecular formula is C6H18N2OS. The van der Waals surface area contributed by atoms with Crippen LogP contribution in [0.15, 0.2) is 0 Å². The second kappa shape index (κ2) is 16.1. The average Bonchev–Trinajstić information content (AvgIpc) is 2.02. The highest BCUT2D eigenvalue weighted by molar-refractivity contribution is 7.97. The van der Waals surface area contributed by atoms with Gasteiger partial charge in [0.2, 0.25) is 0 Å². The van der Waals surface area contributed by atoms with Crippen LogP contribution in [0.3, 0.4) is 0 Å². The van der Waals surface area contributed by atoms with Gasteiger partial charge in [-0.3, -0.25) is 4.72 Å². The second-order valence-corrected chi connectivity index (χ2v) is 2.24. The summed E-state index contributed by atoms with van der Waals surface area (Å²) < 4.78 is 2.97.